The lowest BCUT2D eigenvalue weighted by Crippen LogP contribution is -2.51. The summed E-state index contributed by atoms with van der Waals surface area (Å²) in [5.74, 6) is -7.13. The van der Waals surface area contributed by atoms with E-state index in [1.54, 1.807) is 0 Å². The van der Waals surface area contributed by atoms with Crippen LogP contribution in [-0.2, 0) is 4.79 Å². The molecule has 0 aromatic rings. The molecule has 138 valence electrons. The molecule has 1 nitrogen and oxygen atoms in total. The maximum absolute atomic E-state index is 14.4. The first-order chi connectivity index (χ1) is 11.7. The highest BCUT2D eigenvalue weighted by Crippen LogP contribution is 2.61. The van der Waals surface area contributed by atoms with Gasteiger partial charge in [0.2, 0.25) is 0 Å². The zero-order chi connectivity index (χ0) is 18.0. The number of alkyl halides is 5. The van der Waals surface area contributed by atoms with Gasteiger partial charge in [-0.15, -0.1) is 0 Å². The van der Waals surface area contributed by atoms with Gasteiger partial charge in [-0.1, -0.05) is 18.4 Å². The minimum absolute atomic E-state index is 0.0614. The van der Waals surface area contributed by atoms with Gasteiger partial charge in [-0.25, -0.2) is 0 Å². The van der Waals surface area contributed by atoms with Crippen molar-refractivity contribution in [2.45, 2.75) is 63.5 Å². The van der Waals surface area contributed by atoms with Gasteiger partial charge in [-0.3, -0.25) is 4.79 Å². The first-order valence-electron chi connectivity index (χ1n) is 9.10. The van der Waals surface area contributed by atoms with Gasteiger partial charge in [0, 0.05) is 12.3 Å². The summed E-state index contributed by atoms with van der Waals surface area (Å²) in [6, 6.07) is 0. The lowest BCUT2D eigenvalue weighted by molar-refractivity contribution is -0.310. The largest absolute Gasteiger partial charge is 0.453 e. The maximum Gasteiger partial charge on any atom is 0.453 e. The molecule has 0 amide bonds. The van der Waals surface area contributed by atoms with Gasteiger partial charge < -0.3 is 0 Å². The SMILES string of the molecule is O=C1C=C2C[C@@H](C(F)(F)C(F)(F)F)[C@@H]3C(=C2CC1)CC[C@@H]1CCC[C@H]13. The molecule has 4 rings (SSSR count). The van der Waals surface area contributed by atoms with Crippen molar-refractivity contribution in [1.82, 2.24) is 0 Å². The number of halogens is 5. The minimum atomic E-state index is -5.55. The molecule has 0 unspecified atom stereocenters. The number of carbonyl (C=O) groups excluding carboxylic acids is 1. The number of carbonyl (C=O) groups is 1. The van der Waals surface area contributed by atoms with Gasteiger partial charge >= 0.3 is 12.1 Å². The summed E-state index contributed by atoms with van der Waals surface area (Å²) in [6.07, 6.45) is 0.367. The highest BCUT2D eigenvalue weighted by atomic mass is 19.4. The fourth-order valence-corrected chi connectivity index (χ4v) is 5.80. The van der Waals surface area contributed by atoms with Crippen molar-refractivity contribution in [3.8, 4) is 0 Å². The van der Waals surface area contributed by atoms with E-state index in [1.165, 1.54) is 6.08 Å². The predicted octanol–water partition coefficient (Wildman–Crippen LogP) is 5.62. The van der Waals surface area contributed by atoms with E-state index >= 15 is 0 Å². The molecule has 6 heteroatoms. The Morgan fingerprint density at radius 2 is 1.72 bits per heavy atom. The Balaban J connectivity index is 1.83. The summed E-state index contributed by atoms with van der Waals surface area (Å²) in [5, 5.41) is 0. The molecular formula is C19H21F5O. The van der Waals surface area contributed by atoms with Crippen molar-refractivity contribution >= 4 is 5.78 Å². The van der Waals surface area contributed by atoms with Crippen LogP contribution in [0.1, 0.15) is 51.4 Å². The topological polar surface area (TPSA) is 17.1 Å². The predicted molar refractivity (Wildman–Crippen MR) is 82.0 cm³/mol. The third-order valence-corrected chi connectivity index (χ3v) is 6.81. The van der Waals surface area contributed by atoms with E-state index in [9.17, 15) is 26.7 Å². The van der Waals surface area contributed by atoms with E-state index in [0.717, 1.165) is 36.8 Å². The lowest BCUT2D eigenvalue weighted by Gasteiger charge is -2.48. The summed E-state index contributed by atoms with van der Waals surface area (Å²) < 4.78 is 68.4. The van der Waals surface area contributed by atoms with Crippen molar-refractivity contribution in [3.63, 3.8) is 0 Å². The van der Waals surface area contributed by atoms with E-state index in [-0.39, 0.29) is 24.0 Å². The third-order valence-electron chi connectivity index (χ3n) is 6.81. The number of hydrogen-bond donors (Lipinski definition) is 0. The van der Waals surface area contributed by atoms with Crippen LogP contribution in [-0.4, -0.2) is 17.9 Å². The number of fused-ring (bicyclic) bond motifs is 4. The molecule has 0 spiro atoms. The van der Waals surface area contributed by atoms with Crippen molar-refractivity contribution in [3.05, 3.63) is 22.8 Å². The summed E-state index contributed by atoms with van der Waals surface area (Å²) in [4.78, 5) is 11.7. The molecule has 4 aliphatic rings. The summed E-state index contributed by atoms with van der Waals surface area (Å²) in [7, 11) is 0. The molecule has 2 saturated carbocycles. The van der Waals surface area contributed by atoms with E-state index in [2.05, 4.69) is 0 Å². The van der Waals surface area contributed by atoms with Crippen LogP contribution >= 0.6 is 0 Å². The van der Waals surface area contributed by atoms with Gasteiger partial charge in [0.25, 0.3) is 0 Å². The number of rotatable bonds is 1. The highest BCUT2D eigenvalue weighted by Gasteiger charge is 2.66. The second-order valence-electron chi connectivity index (χ2n) is 7.99. The molecule has 0 N–H and O–H groups in total. The normalized spacial score (nSPS) is 35.9. The van der Waals surface area contributed by atoms with Crippen LogP contribution in [0, 0.1) is 23.7 Å². The third kappa shape index (κ3) is 2.58. The van der Waals surface area contributed by atoms with Crippen LogP contribution in [0.5, 0.6) is 0 Å². The number of allylic oxidation sites excluding steroid dienone is 4. The molecule has 0 aromatic carbocycles. The molecule has 4 atom stereocenters. The molecular weight excluding hydrogens is 339 g/mol. The molecule has 4 aliphatic carbocycles. The molecule has 25 heavy (non-hydrogen) atoms. The van der Waals surface area contributed by atoms with Gasteiger partial charge in [0.05, 0.1) is 0 Å². The average Bonchev–Trinajstić information content (AvgIpc) is 3.00. The van der Waals surface area contributed by atoms with E-state index < -0.39 is 23.9 Å². The lowest BCUT2D eigenvalue weighted by atomic mass is 9.57. The van der Waals surface area contributed by atoms with Crippen LogP contribution in [0.15, 0.2) is 22.8 Å². The standard InChI is InChI=1S/C19H21F5O/c20-18(21,19(22,23)24)16-9-11-8-12(25)5-7-13(11)15-6-4-10-2-1-3-14(10)17(15)16/h8,10,14,16-17H,1-7,9H2/t10-,14+,16+,17-/m0/s1. The van der Waals surface area contributed by atoms with Gasteiger partial charge in [-0.2, -0.15) is 22.0 Å². The Hall–Kier alpha value is -1.20. The summed E-state index contributed by atoms with van der Waals surface area (Å²) in [6.45, 7) is 0. The van der Waals surface area contributed by atoms with E-state index in [4.69, 9.17) is 0 Å². The number of ketones is 1. The Morgan fingerprint density at radius 3 is 2.44 bits per heavy atom. The Kier molecular flexibility index (Phi) is 3.89. The van der Waals surface area contributed by atoms with Crippen LogP contribution in [0.25, 0.3) is 0 Å². The van der Waals surface area contributed by atoms with E-state index in [0.29, 0.717) is 24.8 Å². The quantitative estimate of drug-likeness (QED) is 0.555. The minimum Gasteiger partial charge on any atom is -0.295 e. The van der Waals surface area contributed by atoms with Gasteiger partial charge in [0.1, 0.15) is 0 Å². The fourth-order valence-electron chi connectivity index (χ4n) is 5.80. The average molecular weight is 360 g/mol. The second kappa shape index (κ2) is 5.65. The Bertz CT molecular complexity index is 657. The maximum atomic E-state index is 14.4. The molecule has 0 aliphatic heterocycles. The Labute approximate surface area is 143 Å². The van der Waals surface area contributed by atoms with Crippen LogP contribution in [0.4, 0.5) is 22.0 Å². The molecule has 0 saturated heterocycles. The Morgan fingerprint density at radius 1 is 0.960 bits per heavy atom. The monoisotopic (exact) mass is 360 g/mol. The van der Waals surface area contributed by atoms with Gasteiger partial charge in [-0.05, 0) is 67.1 Å². The van der Waals surface area contributed by atoms with E-state index in [1.807, 2.05) is 0 Å². The van der Waals surface area contributed by atoms with Crippen molar-refractivity contribution in [1.29, 1.82) is 0 Å². The van der Waals surface area contributed by atoms with Crippen molar-refractivity contribution in [2.24, 2.45) is 23.7 Å². The van der Waals surface area contributed by atoms with Crippen LogP contribution in [0.2, 0.25) is 0 Å². The first kappa shape index (κ1) is 17.2. The van der Waals surface area contributed by atoms with Crippen LogP contribution in [0.3, 0.4) is 0 Å². The zero-order valence-electron chi connectivity index (χ0n) is 13.8. The first-order valence-corrected chi connectivity index (χ1v) is 9.10. The smallest absolute Gasteiger partial charge is 0.295 e. The zero-order valence-corrected chi connectivity index (χ0v) is 13.8. The molecule has 0 heterocycles. The number of hydrogen-bond acceptors (Lipinski definition) is 1. The van der Waals surface area contributed by atoms with Crippen LogP contribution < -0.4 is 0 Å². The van der Waals surface area contributed by atoms with Crippen molar-refractivity contribution in [2.75, 3.05) is 0 Å². The highest BCUT2D eigenvalue weighted by molar-refractivity contribution is 5.93. The molecule has 0 aromatic heterocycles. The molecule has 0 radical (unpaired) electrons. The van der Waals surface area contributed by atoms with Crippen molar-refractivity contribution < 1.29 is 26.7 Å². The second-order valence-corrected chi connectivity index (χ2v) is 7.99. The fraction of sp³-hybridized carbons (Fsp3) is 0.737. The van der Waals surface area contributed by atoms with Gasteiger partial charge in [0.15, 0.2) is 5.78 Å². The summed E-state index contributed by atoms with van der Waals surface area (Å²) >= 11 is 0. The summed E-state index contributed by atoms with van der Waals surface area (Å²) in [5.41, 5.74) is 2.17. The molecule has 0 bridgehead atoms. The molecule has 2 fully saturated rings.